The molecule has 1 aliphatic rings. The molecule has 23 heavy (non-hydrogen) atoms. The van der Waals surface area contributed by atoms with Gasteiger partial charge >= 0.3 is 6.18 Å². The van der Waals surface area contributed by atoms with Crippen LogP contribution in [0.2, 0.25) is 0 Å². The molecule has 1 heterocycles. The fraction of sp³-hybridized carbons (Fsp3) is 0.625. The molecule has 0 amide bonds. The minimum Gasteiger partial charge on any atom is -0.490 e. The molecular weight excluding hydrogens is 311 g/mol. The van der Waals surface area contributed by atoms with Gasteiger partial charge in [0.15, 0.2) is 0 Å². The van der Waals surface area contributed by atoms with E-state index in [1.165, 1.54) is 18.2 Å². The molecule has 3 atom stereocenters. The molecule has 0 radical (unpaired) electrons. The molecule has 0 saturated carbocycles. The Balaban J connectivity index is 1.87. The molecule has 0 bridgehead atoms. The van der Waals surface area contributed by atoms with Gasteiger partial charge in [0, 0.05) is 13.1 Å². The molecule has 1 aromatic carbocycles. The van der Waals surface area contributed by atoms with Gasteiger partial charge in [-0.1, -0.05) is 19.1 Å². The number of rotatable bonds is 5. The molecule has 1 saturated heterocycles. The Hall–Kier alpha value is -1.31. The van der Waals surface area contributed by atoms with Crippen LogP contribution in [-0.4, -0.2) is 53.6 Å². The van der Waals surface area contributed by atoms with Gasteiger partial charge in [-0.05, 0) is 31.0 Å². The molecule has 1 aromatic rings. The van der Waals surface area contributed by atoms with E-state index in [4.69, 9.17) is 4.74 Å². The van der Waals surface area contributed by atoms with Crippen molar-refractivity contribution in [3.8, 4) is 5.75 Å². The Bertz CT molecular complexity index is 510. The van der Waals surface area contributed by atoms with Crippen LogP contribution in [-0.2, 0) is 6.18 Å². The summed E-state index contributed by atoms with van der Waals surface area (Å²) < 4.78 is 43.7. The summed E-state index contributed by atoms with van der Waals surface area (Å²) in [6.07, 6.45) is -5.03. The molecule has 130 valence electrons. The van der Waals surface area contributed by atoms with Crippen LogP contribution in [0.4, 0.5) is 13.2 Å². The van der Waals surface area contributed by atoms with E-state index in [1.54, 1.807) is 0 Å². The molecule has 0 aromatic heterocycles. The zero-order valence-corrected chi connectivity index (χ0v) is 13.0. The number of benzene rings is 1. The first-order valence-electron chi connectivity index (χ1n) is 7.65. The molecule has 2 rings (SSSR count). The van der Waals surface area contributed by atoms with Crippen molar-refractivity contribution in [1.29, 1.82) is 0 Å². The number of nitrogens with zero attached hydrogens (tertiary/aromatic N) is 1. The van der Waals surface area contributed by atoms with Crippen molar-refractivity contribution < 1.29 is 28.1 Å². The Morgan fingerprint density at radius 3 is 2.70 bits per heavy atom. The molecule has 7 heteroatoms. The van der Waals surface area contributed by atoms with Crippen LogP contribution in [0.25, 0.3) is 0 Å². The number of piperidine rings is 1. The Kier molecular flexibility index (Phi) is 5.89. The Morgan fingerprint density at radius 2 is 2.04 bits per heavy atom. The Labute approximate surface area is 133 Å². The summed E-state index contributed by atoms with van der Waals surface area (Å²) in [5, 5.41) is 19.8. The van der Waals surface area contributed by atoms with Crippen molar-refractivity contribution in [3.63, 3.8) is 0 Å². The lowest BCUT2D eigenvalue weighted by molar-refractivity contribution is -0.139. The summed E-state index contributed by atoms with van der Waals surface area (Å²) in [5.41, 5.74) is -0.852. The number of halogens is 3. The number of hydrogen-bond donors (Lipinski definition) is 2. The molecule has 0 aliphatic carbocycles. The number of aliphatic hydroxyl groups excluding tert-OH is 2. The lowest BCUT2D eigenvalue weighted by Crippen LogP contribution is -2.46. The minimum atomic E-state index is -4.49. The van der Waals surface area contributed by atoms with Gasteiger partial charge in [-0.25, -0.2) is 0 Å². The van der Waals surface area contributed by atoms with Crippen molar-refractivity contribution >= 4 is 0 Å². The van der Waals surface area contributed by atoms with E-state index >= 15 is 0 Å². The fourth-order valence-corrected chi connectivity index (χ4v) is 2.64. The van der Waals surface area contributed by atoms with Crippen LogP contribution in [0.3, 0.4) is 0 Å². The lowest BCUT2D eigenvalue weighted by atomic mass is 9.96. The smallest absolute Gasteiger partial charge is 0.419 e. The first-order chi connectivity index (χ1) is 10.8. The molecule has 0 unspecified atom stereocenters. The third-order valence-corrected chi connectivity index (χ3v) is 4.10. The van der Waals surface area contributed by atoms with Gasteiger partial charge in [0.05, 0.1) is 11.7 Å². The van der Waals surface area contributed by atoms with Gasteiger partial charge in [-0.2, -0.15) is 13.2 Å². The monoisotopic (exact) mass is 333 g/mol. The average molecular weight is 333 g/mol. The van der Waals surface area contributed by atoms with E-state index in [-0.39, 0.29) is 24.8 Å². The zero-order chi connectivity index (χ0) is 17.0. The van der Waals surface area contributed by atoms with Crippen LogP contribution in [0, 0.1) is 5.92 Å². The normalized spacial score (nSPS) is 24.4. The highest BCUT2D eigenvalue weighted by Gasteiger charge is 2.34. The lowest BCUT2D eigenvalue weighted by Gasteiger charge is -2.35. The summed E-state index contributed by atoms with van der Waals surface area (Å²) in [7, 11) is 0. The number of ether oxygens (including phenoxy) is 1. The molecule has 1 fully saturated rings. The predicted molar refractivity (Wildman–Crippen MR) is 79.2 cm³/mol. The van der Waals surface area contributed by atoms with Gasteiger partial charge in [0.2, 0.25) is 0 Å². The third kappa shape index (κ3) is 5.09. The van der Waals surface area contributed by atoms with Crippen molar-refractivity contribution in [1.82, 2.24) is 4.90 Å². The SMILES string of the molecule is C[C@@H]1CCN(C[C@@H](O)COc2ccccc2C(F)(F)F)C[C@H]1O. The minimum absolute atomic E-state index is 0.221. The van der Waals surface area contributed by atoms with E-state index < -0.39 is 23.9 Å². The van der Waals surface area contributed by atoms with Crippen LogP contribution in [0.1, 0.15) is 18.9 Å². The summed E-state index contributed by atoms with van der Waals surface area (Å²) in [6, 6.07) is 4.94. The summed E-state index contributed by atoms with van der Waals surface area (Å²) in [5.74, 6) is -0.0651. The molecule has 1 aliphatic heterocycles. The number of β-amino-alcohol motifs (C(OH)–C–C–N with tert-alkyl or cyclic N) is 2. The maximum Gasteiger partial charge on any atom is 0.419 e. The van der Waals surface area contributed by atoms with Gasteiger partial charge in [-0.15, -0.1) is 0 Å². The van der Waals surface area contributed by atoms with Crippen LogP contribution in [0.5, 0.6) is 5.75 Å². The van der Waals surface area contributed by atoms with E-state index in [9.17, 15) is 23.4 Å². The molecule has 0 spiro atoms. The van der Waals surface area contributed by atoms with Crippen molar-refractivity contribution in [3.05, 3.63) is 29.8 Å². The van der Waals surface area contributed by atoms with E-state index in [0.29, 0.717) is 6.54 Å². The Morgan fingerprint density at radius 1 is 1.35 bits per heavy atom. The summed E-state index contributed by atoms with van der Waals surface area (Å²) in [4.78, 5) is 1.90. The molecule has 2 N–H and O–H groups in total. The first kappa shape index (κ1) is 18.0. The summed E-state index contributed by atoms with van der Waals surface area (Å²) in [6.45, 7) is 3.20. The predicted octanol–water partition coefficient (Wildman–Crippen LogP) is 2.15. The van der Waals surface area contributed by atoms with Crippen LogP contribution >= 0.6 is 0 Å². The molecule has 4 nitrogen and oxygen atoms in total. The van der Waals surface area contributed by atoms with Gasteiger partial charge < -0.3 is 14.9 Å². The van der Waals surface area contributed by atoms with Crippen molar-refractivity contribution in [2.75, 3.05) is 26.2 Å². The quantitative estimate of drug-likeness (QED) is 0.867. The van der Waals surface area contributed by atoms with E-state index in [1.807, 2.05) is 11.8 Å². The maximum atomic E-state index is 12.8. The number of hydrogen-bond acceptors (Lipinski definition) is 4. The summed E-state index contributed by atoms with van der Waals surface area (Å²) >= 11 is 0. The van der Waals surface area contributed by atoms with Crippen molar-refractivity contribution in [2.24, 2.45) is 5.92 Å². The highest BCUT2D eigenvalue weighted by atomic mass is 19.4. The third-order valence-electron chi connectivity index (χ3n) is 4.10. The number of aliphatic hydroxyl groups is 2. The second-order valence-electron chi connectivity index (χ2n) is 6.05. The highest BCUT2D eigenvalue weighted by molar-refractivity contribution is 5.35. The standard InChI is InChI=1S/C16H22F3NO3/c1-11-6-7-20(9-14(11)22)8-12(21)10-23-15-5-3-2-4-13(15)16(17,18)19/h2-5,11-12,14,21-22H,6-10H2,1H3/t11-,12-,14-/m1/s1. The second-order valence-corrected chi connectivity index (χ2v) is 6.05. The van der Waals surface area contributed by atoms with E-state index in [0.717, 1.165) is 19.0 Å². The number of likely N-dealkylation sites (tertiary alicyclic amines) is 1. The number of para-hydroxylation sites is 1. The van der Waals surface area contributed by atoms with Gasteiger partial charge in [0.1, 0.15) is 18.5 Å². The van der Waals surface area contributed by atoms with E-state index in [2.05, 4.69) is 0 Å². The second kappa shape index (κ2) is 7.51. The first-order valence-corrected chi connectivity index (χ1v) is 7.65. The maximum absolute atomic E-state index is 12.8. The molecular formula is C16H22F3NO3. The average Bonchev–Trinajstić information content (AvgIpc) is 2.48. The topological polar surface area (TPSA) is 52.9 Å². The number of alkyl halides is 3. The van der Waals surface area contributed by atoms with Gasteiger partial charge in [0.25, 0.3) is 0 Å². The van der Waals surface area contributed by atoms with Crippen LogP contribution < -0.4 is 4.74 Å². The highest BCUT2D eigenvalue weighted by Crippen LogP contribution is 2.35. The van der Waals surface area contributed by atoms with Gasteiger partial charge in [-0.3, -0.25) is 4.90 Å². The largest absolute Gasteiger partial charge is 0.490 e. The van der Waals surface area contributed by atoms with Crippen molar-refractivity contribution in [2.45, 2.75) is 31.7 Å². The van der Waals surface area contributed by atoms with Crippen LogP contribution in [0.15, 0.2) is 24.3 Å². The zero-order valence-electron chi connectivity index (χ0n) is 13.0. The fourth-order valence-electron chi connectivity index (χ4n) is 2.64.